The molecule has 4 heteroatoms. The lowest BCUT2D eigenvalue weighted by Crippen LogP contribution is -2.34. The van der Waals surface area contributed by atoms with Crippen LogP contribution in [0.5, 0.6) is 0 Å². The molecule has 2 fully saturated rings. The molecule has 1 heterocycles. The van der Waals surface area contributed by atoms with E-state index in [9.17, 15) is 4.79 Å². The van der Waals surface area contributed by atoms with Gasteiger partial charge in [-0.25, -0.2) is 0 Å². The van der Waals surface area contributed by atoms with Gasteiger partial charge in [-0.1, -0.05) is 49.4 Å². The van der Waals surface area contributed by atoms with E-state index in [1.807, 2.05) is 18.2 Å². The Bertz CT molecular complexity index is 612. The summed E-state index contributed by atoms with van der Waals surface area (Å²) in [6, 6.07) is 10.3. The number of fused-ring (bicyclic) bond motifs is 2. The minimum Gasteiger partial charge on any atom is -0.481 e. The Morgan fingerprint density at radius 1 is 1.31 bits per heavy atom. The molecule has 1 aromatic rings. The molecule has 1 aliphatic heterocycles. The lowest BCUT2D eigenvalue weighted by atomic mass is 9.80. The lowest BCUT2D eigenvalue weighted by molar-refractivity contribution is -0.137. The van der Waals surface area contributed by atoms with Crippen LogP contribution in [0.4, 0.5) is 0 Å². The quantitative estimate of drug-likeness (QED) is 0.491. The minimum absolute atomic E-state index is 0.245. The van der Waals surface area contributed by atoms with Gasteiger partial charge in [0.1, 0.15) is 0 Å². The predicted molar refractivity (Wildman–Crippen MR) is 101 cm³/mol. The minimum atomic E-state index is -0.720. The fourth-order valence-electron chi connectivity index (χ4n) is 4.35. The molecule has 1 aliphatic carbocycles. The molecule has 26 heavy (non-hydrogen) atoms. The maximum atomic E-state index is 10.5. The van der Waals surface area contributed by atoms with Crippen molar-refractivity contribution in [3.05, 3.63) is 48.0 Å². The van der Waals surface area contributed by atoms with Gasteiger partial charge in [-0.2, -0.15) is 0 Å². The van der Waals surface area contributed by atoms with Gasteiger partial charge in [-0.15, -0.1) is 0 Å². The van der Waals surface area contributed by atoms with Gasteiger partial charge in [-0.05, 0) is 43.1 Å². The number of aliphatic carboxylic acids is 1. The largest absolute Gasteiger partial charge is 0.481 e. The molecule has 1 unspecified atom stereocenters. The Hall–Kier alpha value is -1.65. The van der Waals surface area contributed by atoms with E-state index in [4.69, 9.17) is 14.6 Å². The molecule has 4 nitrogen and oxygen atoms in total. The molecule has 0 spiro atoms. The highest BCUT2D eigenvalue weighted by Crippen LogP contribution is 2.54. The first-order chi connectivity index (χ1) is 12.6. The molecule has 4 atom stereocenters. The van der Waals surface area contributed by atoms with E-state index in [-0.39, 0.29) is 17.9 Å². The summed E-state index contributed by atoms with van der Waals surface area (Å²) in [6.45, 7) is 3.78. The molecular formula is C22H30O4. The Kier molecular flexibility index (Phi) is 6.49. The van der Waals surface area contributed by atoms with E-state index in [1.165, 1.54) is 12.0 Å². The second-order valence-corrected chi connectivity index (χ2v) is 7.98. The van der Waals surface area contributed by atoms with Crippen molar-refractivity contribution in [2.45, 2.75) is 64.3 Å². The van der Waals surface area contributed by atoms with Crippen LogP contribution in [0.15, 0.2) is 42.5 Å². The molecule has 0 aromatic heterocycles. The van der Waals surface area contributed by atoms with Crippen LogP contribution in [-0.2, 0) is 20.9 Å². The molecule has 1 aromatic carbocycles. The van der Waals surface area contributed by atoms with Crippen LogP contribution in [0.25, 0.3) is 0 Å². The van der Waals surface area contributed by atoms with Crippen molar-refractivity contribution >= 4 is 5.97 Å². The number of rotatable bonds is 10. The van der Waals surface area contributed by atoms with Gasteiger partial charge in [-0.3, -0.25) is 4.79 Å². The van der Waals surface area contributed by atoms with Gasteiger partial charge in [0.15, 0.2) is 0 Å². The highest BCUT2D eigenvalue weighted by molar-refractivity contribution is 5.66. The summed E-state index contributed by atoms with van der Waals surface area (Å²) in [5.74, 6) is -0.220. The van der Waals surface area contributed by atoms with Gasteiger partial charge < -0.3 is 14.6 Å². The van der Waals surface area contributed by atoms with Crippen LogP contribution in [0.2, 0.25) is 0 Å². The summed E-state index contributed by atoms with van der Waals surface area (Å²) in [4.78, 5) is 10.5. The first-order valence-electron chi connectivity index (χ1n) is 9.71. The van der Waals surface area contributed by atoms with Crippen molar-refractivity contribution in [2.24, 2.45) is 11.3 Å². The molecule has 142 valence electrons. The predicted octanol–water partition coefficient (Wildman–Crippen LogP) is 4.59. The smallest absolute Gasteiger partial charge is 0.303 e. The van der Waals surface area contributed by atoms with Crippen LogP contribution >= 0.6 is 0 Å². The van der Waals surface area contributed by atoms with E-state index < -0.39 is 5.97 Å². The summed E-state index contributed by atoms with van der Waals surface area (Å²) >= 11 is 0. The first-order valence-corrected chi connectivity index (χ1v) is 9.71. The second kappa shape index (κ2) is 8.83. The first kappa shape index (κ1) is 19.1. The molecule has 0 amide bonds. The van der Waals surface area contributed by atoms with E-state index in [2.05, 4.69) is 31.2 Å². The molecule has 1 saturated carbocycles. The van der Waals surface area contributed by atoms with E-state index >= 15 is 0 Å². The van der Waals surface area contributed by atoms with Crippen molar-refractivity contribution in [2.75, 3.05) is 6.61 Å². The Balaban J connectivity index is 1.37. The van der Waals surface area contributed by atoms with Crippen LogP contribution in [-0.4, -0.2) is 29.9 Å². The van der Waals surface area contributed by atoms with Crippen molar-refractivity contribution in [3.8, 4) is 0 Å². The molecule has 1 N–H and O–H groups in total. The summed E-state index contributed by atoms with van der Waals surface area (Å²) in [5, 5.41) is 8.64. The van der Waals surface area contributed by atoms with Gasteiger partial charge >= 0.3 is 5.97 Å². The standard InChI is InChI=1S/C22H30O4/c1-22-13-18(16-25-15-17-9-5-4-6-10-17)19(14-22)26-20(22)11-7-2-3-8-12-21(23)24/h2,4-7,9-10,18-20H,3,8,11-16H2,1H3,(H,23,24)/b7-2-/t18-,19+,20?,22-/m0/s1. The van der Waals surface area contributed by atoms with Crippen LogP contribution in [0.1, 0.15) is 51.0 Å². The number of ether oxygens (including phenoxy) is 2. The van der Waals surface area contributed by atoms with Gasteiger partial charge in [0.25, 0.3) is 0 Å². The zero-order valence-electron chi connectivity index (χ0n) is 15.6. The van der Waals surface area contributed by atoms with E-state index in [0.29, 0.717) is 25.0 Å². The summed E-state index contributed by atoms with van der Waals surface area (Å²) in [6.07, 6.45) is 9.88. The molecule has 1 saturated heterocycles. The average Bonchev–Trinajstić information content (AvgIpc) is 3.11. The summed E-state index contributed by atoms with van der Waals surface area (Å²) in [7, 11) is 0. The third kappa shape index (κ3) is 4.95. The fourth-order valence-corrected chi connectivity index (χ4v) is 4.35. The average molecular weight is 358 g/mol. The SMILES string of the molecule is C[C@]12C[C@@H](COCc3ccccc3)[C@@H](C1)OC2C/C=C\CCCC(=O)O. The summed E-state index contributed by atoms with van der Waals surface area (Å²) < 4.78 is 12.2. The molecule has 0 radical (unpaired) electrons. The number of unbranched alkanes of at least 4 members (excludes halogenated alkanes) is 1. The zero-order valence-corrected chi connectivity index (χ0v) is 15.6. The number of carboxylic acid groups (broad SMARTS) is 1. The van der Waals surface area contributed by atoms with Crippen LogP contribution in [0.3, 0.4) is 0 Å². The normalized spacial score (nSPS) is 30.3. The zero-order chi connectivity index (χ0) is 18.4. The van der Waals surface area contributed by atoms with Gasteiger partial charge in [0.2, 0.25) is 0 Å². The lowest BCUT2D eigenvalue weighted by Gasteiger charge is -2.34. The highest BCUT2D eigenvalue weighted by Gasteiger charge is 2.54. The topological polar surface area (TPSA) is 55.8 Å². The van der Waals surface area contributed by atoms with Gasteiger partial charge in [0.05, 0.1) is 25.4 Å². The third-order valence-electron chi connectivity index (χ3n) is 5.76. The van der Waals surface area contributed by atoms with Crippen LogP contribution in [0, 0.1) is 11.3 Å². The maximum absolute atomic E-state index is 10.5. The Morgan fingerprint density at radius 2 is 2.12 bits per heavy atom. The number of carboxylic acids is 1. The van der Waals surface area contributed by atoms with Crippen molar-refractivity contribution in [1.29, 1.82) is 0 Å². The number of benzene rings is 1. The fraction of sp³-hybridized carbons (Fsp3) is 0.591. The second-order valence-electron chi connectivity index (χ2n) is 7.98. The monoisotopic (exact) mass is 358 g/mol. The molecule has 2 aliphatic rings. The van der Waals surface area contributed by atoms with E-state index in [1.54, 1.807) is 0 Å². The van der Waals surface area contributed by atoms with Crippen LogP contribution < -0.4 is 0 Å². The van der Waals surface area contributed by atoms with Crippen molar-refractivity contribution in [1.82, 2.24) is 0 Å². The van der Waals surface area contributed by atoms with Crippen molar-refractivity contribution < 1.29 is 19.4 Å². The number of carbonyl (C=O) groups is 1. The summed E-state index contributed by atoms with van der Waals surface area (Å²) in [5.41, 5.74) is 1.46. The van der Waals surface area contributed by atoms with Gasteiger partial charge in [0, 0.05) is 12.3 Å². The number of hydrogen-bond donors (Lipinski definition) is 1. The molecular weight excluding hydrogens is 328 g/mol. The number of allylic oxidation sites excluding steroid dienone is 1. The Morgan fingerprint density at radius 3 is 2.81 bits per heavy atom. The maximum Gasteiger partial charge on any atom is 0.303 e. The number of hydrogen-bond acceptors (Lipinski definition) is 3. The molecule has 3 rings (SSSR count). The highest BCUT2D eigenvalue weighted by atomic mass is 16.5. The van der Waals surface area contributed by atoms with Crippen molar-refractivity contribution in [3.63, 3.8) is 0 Å². The third-order valence-corrected chi connectivity index (χ3v) is 5.76. The Labute approximate surface area is 156 Å². The van der Waals surface area contributed by atoms with E-state index in [0.717, 1.165) is 25.9 Å². The molecule has 2 bridgehead atoms.